The van der Waals surface area contributed by atoms with Gasteiger partial charge in [-0.25, -0.2) is 0 Å². The number of rotatable bonds is 2. The molecule has 7 heteroatoms. The van der Waals surface area contributed by atoms with Crippen LogP contribution in [0.1, 0.15) is 40.7 Å². The molecule has 0 aromatic heterocycles. The van der Waals surface area contributed by atoms with Crippen molar-refractivity contribution in [3.05, 3.63) is 65.2 Å². The van der Waals surface area contributed by atoms with Gasteiger partial charge in [-0.15, -0.1) is 0 Å². The fraction of sp³-hybridized carbons (Fsp3) is 0.263. The van der Waals surface area contributed by atoms with Crippen LogP contribution in [-0.2, 0) is 11.0 Å². The monoisotopic (exact) mass is 363 g/mol. The molecule has 0 fully saturated rings. The average Bonchev–Trinajstić information content (AvgIpc) is 2.59. The van der Waals surface area contributed by atoms with Crippen LogP contribution in [0.3, 0.4) is 0 Å². The van der Waals surface area contributed by atoms with Crippen molar-refractivity contribution in [2.24, 2.45) is 0 Å². The summed E-state index contributed by atoms with van der Waals surface area (Å²) in [5.74, 6) is -2.61. The summed E-state index contributed by atoms with van der Waals surface area (Å²) in [6.07, 6.45) is -4.53. The van der Waals surface area contributed by atoms with Gasteiger partial charge in [0.05, 0.1) is 17.0 Å². The topological polar surface area (TPSA) is 57.6 Å². The van der Waals surface area contributed by atoms with Crippen LogP contribution >= 0.6 is 0 Å². The Morgan fingerprint density at radius 1 is 1.08 bits per heavy atom. The number of carbonyl (C=O) groups excluding carboxylic acids is 1. The zero-order valence-electron chi connectivity index (χ0n) is 13.8. The van der Waals surface area contributed by atoms with E-state index in [-0.39, 0.29) is 6.42 Å². The number of amides is 1. The number of halogens is 3. The van der Waals surface area contributed by atoms with Gasteiger partial charge in [0.1, 0.15) is 0 Å². The summed E-state index contributed by atoms with van der Waals surface area (Å²) in [4.78, 5) is 25.8. The third-order valence-electron chi connectivity index (χ3n) is 4.57. The predicted octanol–water partition coefficient (Wildman–Crippen LogP) is 4.31. The van der Waals surface area contributed by atoms with Crippen molar-refractivity contribution in [1.29, 1.82) is 0 Å². The van der Waals surface area contributed by atoms with Gasteiger partial charge in [-0.3, -0.25) is 9.59 Å². The quantitative estimate of drug-likeness (QED) is 0.865. The summed E-state index contributed by atoms with van der Waals surface area (Å²) in [7, 11) is 0. The van der Waals surface area contributed by atoms with E-state index in [4.69, 9.17) is 0 Å². The SMILES string of the molecule is CC1CC(C(=O)O)c2ccccc2N1C(=O)c1ccccc1C(F)(F)F. The van der Waals surface area contributed by atoms with Crippen LogP contribution in [0.25, 0.3) is 0 Å². The van der Waals surface area contributed by atoms with Gasteiger partial charge in [0.15, 0.2) is 0 Å². The molecular weight excluding hydrogens is 347 g/mol. The van der Waals surface area contributed by atoms with E-state index in [9.17, 15) is 27.9 Å². The maximum Gasteiger partial charge on any atom is 0.417 e. The largest absolute Gasteiger partial charge is 0.481 e. The van der Waals surface area contributed by atoms with Crippen molar-refractivity contribution in [2.45, 2.75) is 31.5 Å². The molecule has 2 aromatic carbocycles. The maximum atomic E-state index is 13.3. The highest BCUT2D eigenvalue weighted by Gasteiger charge is 2.40. The average molecular weight is 363 g/mol. The molecule has 1 N–H and O–H groups in total. The molecule has 2 atom stereocenters. The van der Waals surface area contributed by atoms with Gasteiger partial charge >= 0.3 is 12.1 Å². The molecule has 0 spiro atoms. The predicted molar refractivity (Wildman–Crippen MR) is 89.2 cm³/mol. The summed E-state index contributed by atoms with van der Waals surface area (Å²) in [5, 5.41) is 9.44. The standard InChI is InChI=1S/C19H16F3NO3/c1-11-10-14(18(25)26)12-6-3-5-9-16(12)23(11)17(24)13-7-2-4-8-15(13)19(20,21)22/h2-9,11,14H,10H2,1H3,(H,25,26). The van der Waals surface area contributed by atoms with Crippen LogP contribution in [-0.4, -0.2) is 23.0 Å². The molecule has 3 rings (SSSR count). The highest BCUT2D eigenvalue weighted by molar-refractivity contribution is 6.08. The first-order valence-electron chi connectivity index (χ1n) is 8.03. The molecule has 0 saturated carbocycles. The number of benzene rings is 2. The summed E-state index contributed by atoms with van der Waals surface area (Å²) < 4.78 is 39.9. The van der Waals surface area contributed by atoms with E-state index in [2.05, 4.69) is 0 Å². The molecule has 1 aliphatic heterocycles. The van der Waals surface area contributed by atoms with Crippen molar-refractivity contribution in [3.8, 4) is 0 Å². The second kappa shape index (κ2) is 6.48. The summed E-state index contributed by atoms with van der Waals surface area (Å²) in [6, 6.07) is 10.5. The first kappa shape index (κ1) is 18.0. The zero-order chi connectivity index (χ0) is 19.1. The number of hydrogen-bond donors (Lipinski definition) is 1. The number of anilines is 1. The number of fused-ring (bicyclic) bond motifs is 1. The van der Waals surface area contributed by atoms with Gasteiger partial charge in [-0.1, -0.05) is 30.3 Å². The van der Waals surface area contributed by atoms with Crippen LogP contribution in [0.15, 0.2) is 48.5 Å². The molecule has 2 aromatic rings. The van der Waals surface area contributed by atoms with E-state index < -0.39 is 41.1 Å². The second-order valence-corrected chi connectivity index (χ2v) is 6.25. The molecule has 0 radical (unpaired) electrons. The van der Waals surface area contributed by atoms with E-state index >= 15 is 0 Å². The molecule has 4 nitrogen and oxygen atoms in total. The fourth-order valence-corrected chi connectivity index (χ4v) is 3.40. The molecule has 0 bridgehead atoms. The van der Waals surface area contributed by atoms with Gasteiger partial charge in [0.2, 0.25) is 0 Å². The molecule has 1 heterocycles. The van der Waals surface area contributed by atoms with E-state index in [0.29, 0.717) is 11.3 Å². The lowest BCUT2D eigenvalue weighted by molar-refractivity contribution is -0.139. The van der Waals surface area contributed by atoms with E-state index in [1.165, 1.54) is 17.0 Å². The van der Waals surface area contributed by atoms with Crippen molar-refractivity contribution in [3.63, 3.8) is 0 Å². The summed E-state index contributed by atoms with van der Waals surface area (Å²) in [6.45, 7) is 1.64. The number of hydrogen-bond acceptors (Lipinski definition) is 2. The van der Waals surface area contributed by atoms with Crippen molar-refractivity contribution < 1.29 is 27.9 Å². The fourth-order valence-electron chi connectivity index (χ4n) is 3.40. The first-order chi connectivity index (χ1) is 12.2. The molecular formula is C19H16F3NO3. The molecule has 136 valence electrons. The van der Waals surface area contributed by atoms with E-state index in [1.54, 1.807) is 31.2 Å². The number of alkyl halides is 3. The molecule has 2 unspecified atom stereocenters. The molecule has 26 heavy (non-hydrogen) atoms. The number of nitrogens with zero attached hydrogens (tertiary/aromatic N) is 1. The van der Waals surface area contributed by atoms with Gasteiger partial charge in [-0.2, -0.15) is 13.2 Å². The number of aliphatic carboxylic acids is 1. The lowest BCUT2D eigenvalue weighted by atomic mass is 9.85. The van der Waals surface area contributed by atoms with E-state index in [0.717, 1.165) is 12.1 Å². The highest BCUT2D eigenvalue weighted by Crippen LogP contribution is 2.40. The summed E-state index contributed by atoms with van der Waals surface area (Å²) in [5.41, 5.74) is -0.693. The van der Waals surface area contributed by atoms with Crippen LogP contribution in [0.2, 0.25) is 0 Å². The van der Waals surface area contributed by atoms with Gasteiger partial charge in [0.25, 0.3) is 5.91 Å². The number of carboxylic acid groups (broad SMARTS) is 1. The Hall–Kier alpha value is -2.83. The molecule has 1 amide bonds. The Labute approximate surface area is 147 Å². The van der Waals surface area contributed by atoms with Crippen LogP contribution in [0.5, 0.6) is 0 Å². The van der Waals surface area contributed by atoms with E-state index in [1.807, 2.05) is 0 Å². The van der Waals surface area contributed by atoms with Crippen LogP contribution in [0, 0.1) is 0 Å². The lowest BCUT2D eigenvalue weighted by Gasteiger charge is -2.38. The van der Waals surface area contributed by atoms with Crippen molar-refractivity contribution in [1.82, 2.24) is 0 Å². The minimum Gasteiger partial charge on any atom is -0.481 e. The summed E-state index contributed by atoms with van der Waals surface area (Å²) >= 11 is 0. The lowest BCUT2D eigenvalue weighted by Crippen LogP contribution is -2.45. The van der Waals surface area contributed by atoms with Crippen molar-refractivity contribution in [2.75, 3.05) is 4.90 Å². The van der Waals surface area contributed by atoms with Gasteiger partial charge in [-0.05, 0) is 37.1 Å². The molecule has 1 aliphatic rings. The Balaban J connectivity index is 2.11. The van der Waals surface area contributed by atoms with Crippen LogP contribution < -0.4 is 4.90 Å². The minimum absolute atomic E-state index is 0.131. The Bertz CT molecular complexity index is 863. The minimum atomic E-state index is -4.66. The highest BCUT2D eigenvalue weighted by atomic mass is 19.4. The van der Waals surface area contributed by atoms with Gasteiger partial charge in [0, 0.05) is 11.7 Å². The first-order valence-corrected chi connectivity index (χ1v) is 8.03. The molecule has 0 saturated heterocycles. The number of carboxylic acids is 1. The number of carbonyl (C=O) groups is 2. The van der Waals surface area contributed by atoms with Crippen molar-refractivity contribution >= 4 is 17.6 Å². The maximum absolute atomic E-state index is 13.3. The normalized spacial score (nSPS) is 19.8. The Kier molecular flexibility index (Phi) is 4.48. The Morgan fingerprint density at radius 3 is 2.35 bits per heavy atom. The third kappa shape index (κ3) is 3.05. The molecule has 0 aliphatic carbocycles. The van der Waals surface area contributed by atoms with Crippen LogP contribution in [0.4, 0.5) is 18.9 Å². The second-order valence-electron chi connectivity index (χ2n) is 6.25. The third-order valence-corrected chi connectivity index (χ3v) is 4.57. The zero-order valence-corrected chi connectivity index (χ0v) is 13.8. The smallest absolute Gasteiger partial charge is 0.417 e. The number of para-hydroxylation sites is 1. The Morgan fingerprint density at radius 2 is 1.69 bits per heavy atom. The van der Waals surface area contributed by atoms with Gasteiger partial charge < -0.3 is 10.0 Å².